The highest BCUT2D eigenvalue weighted by atomic mass is 35.5. The van der Waals surface area contributed by atoms with Crippen LogP contribution in [0.4, 0.5) is 4.79 Å². The normalized spacial score (nSPS) is 13.9. The molecule has 1 unspecified atom stereocenters. The Morgan fingerprint density at radius 1 is 1.47 bits per heavy atom. The van der Waals surface area contributed by atoms with Crippen LogP contribution >= 0.6 is 23.4 Å². The maximum Gasteiger partial charge on any atom is 0.417 e. The fourth-order valence-corrected chi connectivity index (χ4v) is 2.11. The highest BCUT2D eigenvalue weighted by Crippen LogP contribution is 2.25. The van der Waals surface area contributed by atoms with Crippen molar-refractivity contribution >= 4 is 41.1 Å². The number of imide groups is 1. The summed E-state index contributed by atoms with van der Waals surface area (Å²) in [6.07, 6.45) is 0.869. The van der Waals surface area contributed by atoms with Gasteiger partial charge in [0.1, 0.15) is 11.6 Å². The van der Waals surface area contributed by atoms with E-state index in [1.54, 1.807) is 6.26 Å². The molecule has 2 amide bonds. The lowest BCUT2D eigenvalue weighted by molar-refractivity contribution is -0.125. The van der Waals surface area contributed by atoms with E-state index in [9.17, 15) is 9.59 Å². The molecule has 0 aliphatic carbocycles. The predicted molar refractivity (Wildman–Crippen MR) is 76.0 cm³/mol. The first kappa shape index (κ1) is 18.0. The van der Waals surface area contributed by atoms with Crippen molar-refractivity contribution in [2.24, 2.45) is 10.6 Å². The van der Waals surface area contributed by atoms with Crippen molar-refractivity contribution in [2.45, 2.75) is 26.2 Å². The molecule has 0 radical (unpaired) electrons. The second kappa shape index (κ2) is 7.59. The molecule has 0 bridgehead atoms. The Bertz CT molecular complexity index is 368. The molecule has 110 valence electrons. The molecule has 19 heavy (non-hydrogen) atoms. The highest BCUT2D eigenvalue weighted by Gasteiger charge is 2.32. The number of ether oxygens (including phenoxy) is 1. The van der Waals surface area contributed by atoms with Crippen LogP contribution in [0.25, 0.3) is 0 Å². The van der Waals surface area contributed by atoms with Crippen molar-refractivity contribution in [3.8, 4) is 0 Å². The quantitative estimate of drug-likeness (QED) is 0.283. The molecule has 0 rings (SSSR count). The minimum atomic E-state index is -0.838. The molecule has 6 nitrogen and oxygen atoms in total. The minimum absolute atomic E-state index is 0.306. The highest BCUT2D eigenvalue weighted by molar-refractivity contribution is 7.99. The zero-order valence-electron chi connectivity index (χ0n) is 11.6. The lowest BCUT2D eigenvalue weighted by atomic mass is 9.90. The molecule has 0 aromatic rings. The number of nitrogens with zero attached hydrogens (tertiary/aromatic N) is 2. The Morgan fingerprint density at radius 2 is 2.00 bits per heavy atom. The summed E-state index contributed by atoms with van der Waals surface area (Å²) in [6.45, 7) is 5.48. The second-order valence-corrected chi connectivity index (χ2v) is 5.94. The molecule has 1 N–H and O–H groups in total. The van der Waals surface area contributed by atoms with E-state index in [-0.39, 0.29) is 5.88 Å². The van der Waals surface area contributed by atoms with Gasteiger partial charge in [-0.2, -0.15) is 0 Å². The van der Waals surface area contributed by atoms with Gasteiger partial charge in [0.2, 0.25) is 5.91 Å². The molecule has 0 aliphatic heterocycles. The van der Waals surface area contributed by atoms with Gasteiger partial charge in [0.25, 0.3) is 0 Å². The van der Waals surface area contributed by atoms with Gasteiger partial charge in [-0.3, -0.25) is 4.79 Å². The lowest BCUT2D eigenvalue weighted by Gasteiger charge is -2.27. The Balaban J connectivity index is 4.93. The summed E-state index contributed by atoms with van der Waals surface area (Å²) in [5, 5.41) is 12.2. The van der Waals surface area contributed by atoms with Crippen LogP contribution < -0.4 is 0 Å². The zero-order chi connectivity index (χ0) is 15.2. The van der Waals surface area contributed by atoms with Crippen molar-refractivity contribution in [3.63, 3.8) is 0 Å². The number of alkyl halides is 1. The summed E-state index contributed by atoms with van der Waals surface area (Å²) in [4.78, 5) is 23.8. The molecule has 1 atom stereocenters. The Morgan fingerprint density at radius 3 is 2.32 bits per heavy atom. The Labute approximate surface area is 122 Å². The van der Waals surface area contributed by atoms with E-state index in [4.69, 9.17) is 21.5 Å². The fraction of sp³-hybridized carbons (Fsp3) is 0.727. The topological polar surface area (TPSA) is 79.2 Å². The van der Waals surface area contributed by atoms with Gasteiger partial charge in [-0.1, -0.05) is 25.9 Å². The molecule has 0 aromatic carbocycles. The molecule has 0 aromatic heterocycles. The summed E-state index contributed by atoms with van der Waals surface area (Å²) in [5.41, 5.74) is -0.944. The van der Waals surface area contributed by atoms with Crippen LogP contribution in [0.15, 0.2) is 5.16 Å². The number of halogens is 1. The number of rotatable bonds is 4. The summed E-state index contributed by atoms with van der Waals surface area (Å²) < 4.78 is 5.14. The first-order chi connectivity index (χ1) is 8.68. The number of carbonyl (C=O) groups excluding carboxylic acids is 2. The molecule has 0 heterocycles. The van der Waals surface area contributed by atoms with E-state index in [2.05, 4.69) is 5.16 Å². The van der Waals surface area contributed by atoms with Crippen molar-refractivity contribution in [3.05, 3.63) is 0 Å². The number of carbonyl (C=O) groups is 2. The maximum atomic E-state index is 11.7. The van der Waals surface area contributed by atoms with E-state index in [1.807, 2.05) is 20.8 Å². The molecule has 0 aliphatic rings. The van der Waals surface area contributed by atoms with Crippen LogP contribution in [-0.2, 0) is 9.53 Å². The molecule has 0 saturated heterocycles. The van der Waals surface area contributed by atoms with Gasteiger partial charge in [0.05, 0.1) is 0 Å². The SMILES string of the molecule is CSC(OC(=O)N(C)C(=O)CCl)C(=NO)C(C)(C)C. The van der Waals surface area contributed by atoms with Crippen LogP contribution in [0, 0.1) is 5.41 Å². The number of amides is 2. The zero-order valence-corrected chi connectivity index (χ0v) is 13.2. The summed E-state index contributed by atoms with van der Waals surface area (Å²) in [5.74, 6) is -0.875. The number of hydrogen-bond acceptors (Lipinski definition) is 6. The van der Waals surface area contributed by atoms with Gasteiger partial charge in [0.15, 0.2) is 5.44 Å². The van der Waals surface area contributed by atoms with Gasteiger partial charge >= 0.3 is 6.09 Å². The second-order valence-electron chi connectivity index (χ2n) is 4.77. The molecule has 8 heteroatoms. The van der Waals surface area contributed by atoms with Gasteiger partial charge in [-0.05, 0) is 6.26 Å². The lowest BCUT2D eigenvalue weighted by Crippen LogP contribution is -2.40. The molecular weight excluding hydrogens is 292 g/mol. The van der Waals surface area contributed by atoms with Crippen molar-refractivity contribution in [1.29, 1.82) is 0 Å². The van der Waals surface area contributed by atoms with Crippen molar-refractivity contribution < 1.29 is 19.5 Å². The Hall–Kier alpha value is -0.950. The molecule has 0 saturated carbocycles. The smallest absolute Gasteiger partial charge is 0.417 e. The third kappa shape index (κ3) is 5.28. The predicted octanol–water partition coefficient (Wildman–Crippen LogP) is 2.39. The third-order valence-electron chi connectivity index (χ3n) is 2.28. The molecular formula is C11H19ClN2O4S. The van der Waals surface area contributed by atoms with Crippen molar-refractivity contribution in [1.82, 2.24) is 4.90 Å². The van der Waals surface area contributed by atoms with E-state index in [0.29, 0.717) is 5.71 Å². The van der Waals surface area contributed by atoms with E-state index >= 15 is 0 Å². The minimum Gasteiger partial charge on any atom is -0.428 e. The number of thioether (sulfide) groups is 1. The first-order valence-corrected chi connectivity index (χ1v) is 7.29. The first-order valence-electron chi connectivity index (χ1n) is 5.47. The van der Waals surface area contributed by atoms with E-state index in [0.717, 1.165) is 4.90 Å². The van der Waals surface area contributed by atoms with Gasteiger partial charge in [-0.25, -0.2) is 9.69 Å². The largest absolute Gasteiger partial charge is 0.428 e. The van der Waals surface area contributed by atoms with Gasteiger partial charge < -0.3 is 9.94 Å². The maximum absolute atomic E-state index is 11.7. The van der Waals surface area contributed by atoms with E-state index in [1.165, 1.54) is 18.8 Å². The van der Waals surface area contributed by atoms with Crippen LogP contribution in [0.1, 0.15) is 20.8 Å². The van der Waals surface area contributed by atoms with Crippen LogP contribution in [0.5, 0.6) is 0 Å². The molecule has 0 fully saturated rings. The number of oxime groups is 1. The van der Waals surface area contributed by atoms with Crippen LogP contribution in [0.3, 0.4) is 0 Å². The van der Waals surface area contributed by atoms with Crippen LogP contribution in [0.2, 0.25) is 0 Å². The fourth-order valence-electron chi connectivity index (χ4n) is 1.13. The third-order valence-corrected chi connectivity index (χ3v) is 3.26. The average molecular weight is 311 g/mol. The van der Waals surface area contributed by atoms with Gasteiger partial charge in [-0.15, -0.1) is 23.4 Å². The summed E-state index contributed by atoms with van der Waals surface area (Å²) in [7, 11) is 1.28. The van der Waals surface area contributed by atoms with E-state index < -0.39 is 22.9 Å². The number of hydrogen-bond donors (Lipinski definition) is 1. The molecule has 0 spiro atoms. The van der Waals surface area contributed by atoms with Crippen LogP contribution in [-0.4, -0.2) is 52.4 Å². The average Bonchev–Trinajstić information content (AvgIpc) is 2.34. The van der Waals surface area contributed by atoms with Gasteiger partial charge in [0, 0.05) is 12.5 Å². The standard InChI is InChI=1S/C11H19ClN2O4S/c1-11(2,3)8(13-17)9(19-5)18-10(16)14(4)7(15)6-12/h9,17H,6H2,1-5H3. The summed E-state index contributed by atoms with van der Waals surface area (Å²) >= 11 is 6.55. The van der Waals surface area contributed by atoms with Crippen molar-refractivity contribution in [2.75, 3.05) is 19.2 Å². The Kier molecular flexibility index (Phi) is 7.21. The monoisotopic (exact) mass is 310 g/mol. The summed E-state index contributed by atoms with van der Waals surface area (Å²) in [6, 6.07) is 0.